The lowest BCUT2D eigenvalue weighted by Crippen LogP contribution is -2.31. The third-order valence-corrected chi connectivity index (χ3v) is 2.37. The van der Waals surface area contributed by atoms with E-state index in [1.54, 1.807) is 6.07 Å². The van der Waals surface area contributed by atoms with Gasteiger partial charge in [0.25, 0.3) is 0 Å². The van der Waals surface area contributed by atoms with Crippen LogP contribution in [0.4, 0.5) is 8.78 Å². The Kier molecular flexibility index (Phi) is 6.56. The SMILES string of the molecule is COCCOCC(=O)NC(C#N)c1ccc(F)cc1F. The summed E-state index contributed by atoms with van der Waals surface area (Å²) in [6.07, 6.45) is 0. The summed E-state index contributed by atoms with van der Waals surface area (Å²) in [5.41, 5.74) is -0.0980. The monoisotopic (exact) mass is 284 g/mol. The van der Waals surface area contributed by atoms with E-state index in [0.717, 1.165) is 12.1 Å². The number of ether oxygens (including phenoxy) is 2. The average Bonchev–Trinajstić information content (AvgIpc) is 2.41. The van der Waals surface area contributed by atoms with Gasteiger partial charge in [-0.1, -0.05) is 6.07 Å². The fourth-order valence-corrected chi connectivity index (χ4v) is 1.42. The molecule has 0 bridgehead atoms. The summed E-state index contributed by atoms with van der Waals surface area (Å²) in [6, 6.07) is 3.32. The van der Waals surface area contributed by atoms with Gasteiger partial charge in [0.15, 0.2) is 0 Å². The van der Waals surface area contributed by atoms with E-state index in [-0.39, 0.29) is 18.8 Å². The lowest BCUT2D eigenvalue weighted by molar-refractivity contribution is -0.126. The van der Waals surface area contributed by atoms with Crippen molar-refractivity contribution >= 4 is 5.91 Å². The smallest absolute Gasteiger partial charge is 0.247 e. The molecule has 20 heavy (non-hydrogen) atoms. The van der Waals surface area contributed by atoms with Crippen LogP contribution in [0.5, 0.6) is 0 Å². The van der Waals surface area contributed by atoms with E-state index < -0.39 is 23.6 Å². The van der Waals surface area contributed by atoms with Gasteiger partial charge in [-0.2, -0.15) is 5.26 Å². The molecule has 0 aliphatic heterocycles. The molecule has 1 aromatic rings. The van der Waals surface area contributed by atoms with Gasteiger partial charge in [-0.15, -0.1) is 0 Å². The predicted octanol–water partition coefficient (Wildman–Crippen LogP) is 1.31. The second kappa shape index (κ2) is 8.19. The highest BCUT2D eigenvalue weighted by Crippen LogP contribution is 2.17. The van der Waals surface area contributed by atoms with Crippen molar-refractivity contribution in [2.75, 3.05) is 26.9 Å². The minimum Gasteiger partial charge on any atom is -0.382 e. The van der Waals surface area contributed by atoms with Gasteiger partial charge in [0.05, 0.1) is 19.3 Å². The molecule has 1 aromatic carbocycles. The first-order chi connectivity index (χ1) is 9.58. The number of hydrogen-bond acceptors (Lipinski definition) is 4. The predicted molar refractivity (Wildman–Crippen MR) is 65.5 cm³/mol. The van der Waals surface area contributed by atoms with Crippen LogP contribution in [0.25, 0.3) is 0 Å². The fraction of sp³-hybridized carbons (Fsp3) is 0.385. The molecule has 1 rings (SSSR count). The van der Waals surface area contributed by atoms with Crippen molar-refractivity contribution in [2.45, 2.75) is 6.04 Å². The number of hydrogen-bond donors (Lipinski definition) is 1. The van der Waals surface area contributed by atoms with Gasteiger partial charge in [-0.05, 0) is 6.07 Å². The molecule has 7 heteroatoms. The molecule has 1 atom stereocenters. The zero-order valence-electron chi connectivity index (χ0n) is 10.9. The molecule has 0 aromatic heterocycles. The van der Waals surface area contributed by atoms with Crippen molar-refractivity contribution in [3.05, 3.63) is 35.4 Å². The van der Waals surface area contributed by atoms with Crippen molar-refractivity contribution in [3.63, 3.8) is 0 Å². The third-order valence-electron chi connectivity index (χ3n) is 2.37. The van der Waals surface area contributed by atoms with Gasteiger partial charge in [0, 0.05) is 18.7 Å². The molecular formula is C13H14F2N2O3. The normalized spacial score (nSPS) is 11.7. The maximum Gasteiger partial charge on any atom is 0.247 e. The Balaban J connectivity index is 2.59. The van der Waals surface area contributed by atoms with Gasteiger partial charge in [-0.25, -0.2) is 8.78 Å². The zero-order valence-corrected chi connectivity index (χ0v) is 10.9. The van der Waals surface area contributed by atoms with Crippen molar-refractivity contribution < 1.29 is 23.0 Å². The molecule has 108 valence electrons. The number of amides is 1. The summed E-state index contributed by atoms with van der Waals surface area (Å²) >= 11 is 0. The number of nitriles is 1. The third kappa shape index (κ3) is 4.91. The van der Waals surface area contributed by atoms with Crippen LogP contribution in [-0.4, -0.2) is 32.8 Å². The Morgan fingerprint density at radius 2 is 2.20 bits per heavy atom. The quantitative estimate of drug-likeness (QED) is 0.766. The van der Waals surface area contributed by atoms with Crippen molar-refractivity contribution in [2.24, 2.45) is 0 Å². The molecule has 0 heterocycles. The summed E-state index contributed by atoms with van der Waals surface area (Å²) in [5, 5.41) is 11.2. The fourth-order valence-electron chi connectivity index (χ4n) is 1.42. The van der Waals surface area contributed by atoms with E-state index in [0.29, 0.717) is 12.7 Å². The zero-order chi connectivity index (χ0) is 15.0. The molecule has 0 aliphatic carbocycles. The highest BCUT2D eigenvalue weighted by atomic mass is 19.1. The highest BCUT2D eigenvalue weighted by Gasteiger charge is 2.18. The van der Waals surface area contributed by atoms with Crippen LogP contribution in [0.15, 0.2) is 18.2 Å². The number of methoxy groups -OCH3 is 1. The van der Waals surface area contributed by atoms with Crippen molar-refractivity contribution in [3.8, 4) is 6.07 Å². The molecule has 5 nitrogen and oxygen atoms in total. The van der Waals surface area contributed by atoms with E-state index in [2.05, 4.69) is 5.32 Å². The molecule has 0 fully saturated rings. The summed E-state index contributed by atoms with van der Waals surface area (Å²) in [7, 11) is 1.49. The standard InChI is InChI=1S/C13H14F2N2O3/c1-19-4-5-20-8-13(18)17-12(7-16)10-3-2-9(14)6-11(10)15/h2-3,6,12H,4-5,8H2,1H3,(H,17,18). The van der Waals surface area contributed by atoms with Crippen LogP contribution in [0, 0.1) is 23.0 Å². The average molecular weight is 284 g/mol. The minimum atomic E-state index is -1.20. The highest BCUT2D eigenvalue weighted by molar-refractivity contribution is 5.78. The van der Waals surface area contributed by atoms with Crippen LogP contribution in [0.3, 0.4) is 0 Å². The Hall–Kier alpha value is -2.04. The number of carbonyl (C=O) groups is 1. The van der Waals surface area contributed by atoms with E-state index in [9.17, 15) is 13.6 Å². The summed E-state index contributed by atoms with van der Waals surface area (Å²) < 4.78 is 36.0. The summed E-state index contributed by atoms with van der Waals surface area (Å²) in [6.45, 7) is 0.290. The number of carbonyl (C=O) groups excluding carboxylic acids is 1. The molecule has 0 radical (unpaired) electrons. The van der Waals surface area contributed by atoms with Crippen LogP contribution in [0.2, 0.25) is 0 Å². The molecule has 1 unspecified atom stereocenters. The van der Waals surface area contributed by atoms with E-state index in [1.807, 2.05) is 0 Å². The van der Waals surface area contributed by atoms with Crippen LogP contribution >= 0.6 is 0 Å². The van der Waals surface area contributed by atoms with Crippen LogP contribution in [-0.2, 0) is 14.3 Å². The van der Waals surface area contributed by atoms with Crippen LogP contribution < -0.4 is 5.32 Å². The molecular weight excluding hydrogens is 270 g/mol. The summed E-state index contributed by atoms with van der Waals surface area (Å²) in [5.74, 6) is -2.22. The second-order valence-corrected chi connectivity index (χ2v) is 3.84. The molecule has 0 spiro atoms. The topological polar surface area (TPSA) is 71.3 Å². The molecule has 0 saturated carbocycles. The first-order valence-electron chi connectivity index (χ1n) is 5.79. The van der Waals surface area contributed by atoms with E-state index >= 15 is 0 Å². The number of nitrogens with one attached hydrogen (secondary N) is 1. The Morgan fingerprint density at radius 1 is 1.45 bits per heavy atom. The number of benzene rings is 1. The number of nitrogens with zero attached hydrogens (tertiary/aromatic N) is 1. The van der Waals surface area contributed by atoms with Gasteiger partial charge in [0.2, 0.25) is 5.91 Å². The largest absolute Gasteiger partial charge is 0.382 e. The Labute approximate surface area is 115 Å². The molecule has 1 amide bonds. The van der Waals surface area contributed by atoms with E-state index in [4.69, 9.17) is 14.7 Å². The molecule has 1 N–H and O–H groups in total. The van der Waals surface area contributed by atoms with Crippen molar-refractivity contribution in [1.82, 2.24) is 5.32 Å². The Bertz CT molecular complexity index is 503. The second-order valence-electron chi connectivity index (χ2n) is 3.84. The van der Waals surface area contributed by atoms with Gasteiger partial charge in [0.1, 0.15) is 24.3 Å². The van der Waals surface area contributed by atoms with Gasteiger partial charge < -0.3 is 14.8 Å². The Morgan fingerprint density at radius 3 is 2.80 bits per heavy atom. The lowest BCUT2D eigenvalue weighted by Gasteiger charge is -2.13. The molecule has 0 aliphatic rings. The maximum absolute atomic E-state index is 13.5. The first kappa shape index (κ1) is 16.0. The first-order valence-corrected chi connectivity index (χ1v) is 5.79. The van der Waals surface area contributed by atoms with Crippen LogP contribution in [0.1, 0.15) is 11.6 Å². The van der Waals surface area contributed by atoms with Gasteiger partial charge >= 0.3 is 0 Å². The lowest BCUT2D eigenvalue weighted by atomic mass is 10.1. The van der Waals surface area contributed by atoms with Crippen molar-refractivity contribution in [1.29, 1.82) is 5.26 Å². The number of rotatable bonds is 7. The van der Waals surface area contributed by atoms with E-state index in [1.165, 1.54) is 7.11 Å². The maximum atomic E-state index is 13.5. The summed E-state index contributed by atoms with van der Waals surface area (Å²) in [4.78, 5) is 11.5. The molecule has 0 saturated heterocycles. The van der Waals surface area contributed by atoms with Gasteiger partial charge in [-0.3, -0.25) is 4.79 Å². The minimum absolute atomic E-state index is 0.0980. The number of halogens is 2.